The van der Waals surface area contributed by atoms with E-state index in [9.17, 15) is 14.4 Å². The number of carbonyl (C=O) groups is 3. The molecule has 1 aromatic carbocycles. The van der Waals surface area contributed by atoms with Crippen LogP contribution < -0.4 is 20.5 Å². The van der Waals surface area contributed by atoms with Crippen molar-refractivity contribution in [2.45, 2.75) is 19.0 Å². The molecule has 9 heteroatoms. The first-order valence-corrected chi connectivity index (χ1v) is 7.66. The molecule has 9 nitrogen and oxygen atoms in total. The minimum absolute atomic E-state index is 0.0307. The van der Waals surface area contributed by atoms with Crippen LogP contribution in [0.2, 0.25) is 0 Å². The molecular weight excluding hydrogens is 330 g/mol. The number of amides is 3. The molecule has 1 fully saturated rings. The van der Waals surface area contributed by atoms with Crippen molar-refractivity contribution in [3.63, 3.8) is 0 Å². The number of primary amides is 1. The average molecular weight is 351 g/mol. The lowest BCUT2D eigenvalue weighted by Gasteiger charge is -2.21. The normalized spacial score (nSPS) is 16.3. The first kappa shape index (κ1) is 18.4. The van der Waals surface area contributed by atoms with Gasteiger partial charge in [-0.1, -0.05) is 6.07 Å². The predicted octanol–water partition coefficient (Wildman–Crippen LogP) is 0.0162. The summed E-state index contributed by atoms with van der Waals surface area (Å²) in [5.74, 6) is 0.180. The van der Waals surface area contributed by atoms with Gasteiger partial charge in [-0.15, -0.1) is 0 Å². The van der Waals surface area contributed by atoms with Crippen molar-refractivity contribution >= 4 is 17.9 Å². The SMILES string of the molecule is COc1ccc(CN2C(=O)OC[C@H]2C(=O)NCCC(N)=O)cc1OC. The molecule has 3 amide bonds. The van der Waals surface area contributed by atoms with Gasteiger partial charge in [0.25, 0.3) is 0 Å². The number of ether oxygens (including phenoxy) is 3. The van der Waals surface area contributed by atoms with Gasteiger partial charge >= 0.3 is 6.09 Å². The Morgan fingerprint density at radius 1 is 1.32 bits per heavy atom. The number of hydrogen-bond acceptors (Lipinski definition) is 6. The molecule has 2 rings (SSSR count). The molecule has 0 spiro atoms. The second-order valence-electron chi connectivity index (χ2n) is 5.42. The van der Waals surface area contributed by atoms with E-state index < -0.39 is 23.9 Å². The topological polar surface area (TPSA) is 120 Å². The maximum atomic E-state index is 12.2. The lowest BCUT2D eigenvalue weighted by molar-refractivity contribution is -0.125. The van der Waals surface area contributed by atoms with E-state index in [0.717, 1.165) is 5.56 Å². The van der Waals surface area contributed by atoms with Crippen LogP contribution in [0.1, 0.15) is 12.0 Å². The molecule has 1 saturated heterocycles. The number of nitrogens with zero attached hydrogens (tertiary/aromatic N) is 1. The third-order valence-electron chi connectivity index (χ3n) is 3.75. The number of carbonyl (C=O) groups excluding carboxylic acids is 3. The van der Waals surface area contributed by atoms with E-state index in [2.05, 4.69) is 5.32 Å². The van der Waals surface area contributed by atoms with Gasteiger partial charge in [0.15, 0.2) is 11.5 Å². The van der Waals surface area contributed by atoms with Crippen LogP contribution in [0.5, 0.6) is 11.5 Å². The molecule has 1 atom stereocenters. The molecule has 1 aromatic rings. The third kappa shape index (κ3) is 4.52. The zero-order chi connectivity index (χ0) is 18.4. The first-order chi connectivity index (χ1) is 12.0. The molecule has 0 bridgehead atoms. The van der Waals surface area contributed by atoms with E-state index in [1.165, 1.54) is 19.1 Å². The summed E-state index contributed by atoms with van der Waals surface area (Å²) in [7, 11) is 3.04. The predicted molar refractivity (Wildman–Crippen MR) is 87.0 cm³/mol. The van der Waals surface area contributed by atoms with E-state index in [1.807, 2.05) is 0 Å². The van der Waals surface area contributed by atoms with Crippen molar-refractivity contribution in [1.29, 1.82) is 0 Å². The van der Waals surface area contributed by atoms with Gasteiger partial charge in [0.2, 0.25) is 11.8 Å². The van der Waals surface area contributed by atoms with Crippen LogP contribution in [0.3, 0.4) is 0 Å². The largest absolute Gasteiger partial charge is 0.493 e. The Labute approximate surface area is 145 Å². The summed E-state index contributed by atoms with van der Waals surface area (Å²) < 4.78 is 15.4. The summed E-state index contributed by atoms with van der Waals surface area (Å²) in [6, 6.07) is 4.45. The van der Waals surface area contributed by atoms with Crippen LogP contribution in [0.4, 0.5) is 4.79 Å². The molecule has 0 aromatic heterocycles. The van der Waals surface area contributed by atoms with Gasteiger partial charge in [0.05, 0.1) is 20.8 Å². The Bertz CT molecular complexity index is 663. The lowest BCUT2D eigenvalue weighted by atomic mass is 10.1. The highest BCUT2D eigenvalue weighted by Crippen LogP contribution is 2.29. The van der Waals surface area contributed by atoms with Gasteiger partial charge in [-0.25, -0.2) is 4.79 Å². The second-order valence-corrected chi connectivity index (χ2v) is 5.42. The quantitative estimate of drug-likeness (QED) is 0.681. The van der Waals surface area contributed by atoms with Gasteiger partial charge in [-0.3, -0.25) is 14.5 Å². The van der Waals surface area contributed by atoms with Crippen molar-refractivity contribution in [3.8, 4) is 11.5 Å². The van der Waals surface area contributed by atoms with Crippen LogP contribution in [-0.2, 0) is 20.9 Å². The fourth-order valence-electron chi connectivity index (χ4n) is 2.44. The first-order valence-electron chi connectivity index (χ1n) is 7.66. The highest BCUT2D eigenvalue weighted by molar-refractivity contribution is 5.88. The molecule has 1 aliphatic rings. The molecule has 0 unspecified atom stereocenters. The van der Waals surface area contributed by atoms with Crippen LogP contribution >= 0.6 is 0 Å². The van der Waals surface area contributed by atoms with Crippen molar-refractivity contribution in [3.05, 3.63) is 23.8 Å². The Hall–Kier alpha value is -2.97. The molecule has 1 heterocycles. The molecule has 0 radical (unpaired) electrons. The number of hydrogen-bond donors (Lipinski definition) is 2. The number of nitrogens with one attached hydrogen (secondary N) is 1. The van der Waals surface area contributed by atoms with E-state index in [1.54, 1.807) is 18.2 Å². The average Bonchev–Trinajstić information content (AvgIpc) is 2.95. The van der Waals surface area contributed by atoms with Crippen LogP contribution in [0, 0.1) is 0 Å². The maximum absolute atomic E-state index is 12.2. The van der Waals surface area contributed by atoms with Crippen LogP contribution in [-0.4, -0.2) is 56.2 Å². The minimum Gasteiger partial charge on any atom is -0.493 e. The smallest absolute Gasteiger partial charge is 0.410 e. The Morgan fingerprint density at radius 3 is 2.68 bits per heavy atom. The van der Waals surface area contributed by atoms with Gasteiger partial charge < -0.3 is 25.3 Å². The molecule has 3 N–H and O–H groups in total. The summed E-state index contributed by atoms with van der Waals surface area (Å²) in [4.78, 5) is 36.2. The second kappa shape index (κ2) is 8.22. The maximum Gasteiger partial charge on any atom is 0.410 e. The standard InChI is InChI=1S/C16H21N3O6/c1-23-12-4-3-10(7-13(12)24-2)8-19-11(9-25-16(19)22)15(21)18-6-5-14(17)20/h3-4,7,11H,5-6,8-9H2,1-2H3,(H2,17,20)(H,18,21)/t11-/m0/s1. The highest BCUT2D eigenvalue weighted by Gasteiger charge is 2.38. The van der Waals surface area contributed by atoms with Gasteiger partial charge in [-0.2, -0.15) is 0 Å². The zero-order valence-electron chi connectivity index (χ0n) is 14.1. The zero-order valence-corrected chi connectivity index (χ0v) is 14.1. The molecular formula is C16H21N3O6. The van der Waals surface area contributed by atoms with E-state index in [-0.39, 0.29) is 26.1 Å². The van der Waals surface area contributed by atoms with E-state index in [0.29, 0.717) is 11.5 Å². The van der Waals surface area contributed by atoms with Crippen molar-refractivity contribution in [2.24, 2.45) is 5.73 Å². The van der Waals surface area contributed by atoms with Gasteiger partial charge in [-0.05, 0) is 17.7 Å². The number of methoxy groups -OCH3 is 2. The minimum atomic E-state index is -0.770. The molecule has 25 heavy (non-hydrogen) atoms. The Morgan fingerprint density at radius 2 is 2.04 bits per heavy atom. The third-order valence-corrected chi connectivity index (χ3v) is 3.75. The Kier molecular flexibility index (Phi) is 6.04. The van der Waals surface area contributed by atoms with Crippen molar-refractivity contribution in [2.75, 3.05) is 27.4 Å². The van der Waals surface area contributed by atoms with E-state index >= 15 is 0 Å². The van der Waals surface area contributed by atoms with Gasteiger partial charge in [0, 0.05) is 13.0 Å². The fourth-order valence-corrected chi connectivity index (χ4v) is 2.44. The molecule has 0 aliphatic carbocycles. The number of nitrogens with two attached hydrogens (primary N) is 1. The summed E-state index contributed by atoms with van der Waals surface area (Å²) >= 11 is 0. The summed E-state index contributed by atoms with van der Waals surface area (Å²) in [5, 5.41) is 2.57. The monoisotopic (exact) mass is 351 g/mol. The lowest BCUT2D eigenvalue weighted by Crippen LogP contribution is -2.46. The molecule has 136 valence electrons. The van der Waals surface area contributed by atoms with E-state index in [4.69, 9.17) is 19.9 Å². The molecule has 1 aliphatic heterocycles. The van der Waals surface area contributed by atoms with Crippen molar-refractivity contribution < 1.29 is 28.6 Å². The highest BCUT2D eigenvalue weighted by atomic mass is 16.6. The van der Waals surface area contributed by atoms with Gasteiger partial charge in [0.1, 0.15) is 12.6 Å². The number of benzene rings is 1. The van der Waals surface area contributed by atoms with Crippen LogP contribution in [0.15, 0.2) is 18.2 Å². The van der Waals surface area contributed by atoms with Crippen molar-refractivity contribution in [1.82, 2.24) is 10.2 Å². The summed E-state index contributed by atoms with van der Waals surface area (Å²) in [6.07, 6.45) is -0.548. The number of rotatable bonds is 8. The summed E-state index contributed by atoms with van der Waals surface area (Å²) in [6.45, 7) is 0.241. The summed E-state index contributed by atoms with van der Waals surface area (Å²) in [5.41, 5.74) is 5.79. The number of cyclic esters (lactones) is 1. The molecule has 0 saturated carbocycles. The Balaban J connectivity index is 2.06. The fraction of sp³-hybridized carbons (Fsp3) is 0.438. The van der Waals surface area contributed by atoms with Crippen LogP contribution in [0.25, 0.3) is 0 Å².